The number of hydrogen-bond acceptors (Lipinski definition) is 5. The molecule has 1 saturated heterocycles. The number of furan rings is 1. The van der Waals surface area contributed by atoms with Crippen molar-refractivity contribution in [3.05, 3.63) is 54.0 Å². The van der Waals surface area contributed by atoms with Crippen LogP contribution in [0.25, 0.3) is 0 Å². The molecule has 1 aromatic heterocycles. The van der Waals surface area contributed by atoms with Crippen molar-refractivity contribution in [2.45, 2.75) is 33.2 Å². The first-order chi connectivity index (χ1) is 13.5. The van der Waals surface area contributed by atoms with E-state index in [1.54, 1.807) is 57.2 Å². The summed E-state index contributed by atoms with van der Waals surface area (Å²) in [5, 5.41) is 5.35. The Bertz CT molecular complexity index is 957. The number of urea groups is 1. The van der Waals surface area contributed by atoms with Crippen LogP contribution in [-0.2, 0) is 15.1 Å². The lowest BCUT2D eigenvalue weighted by molar-refractivity contribution is -0.131. The van der Waals surface area contributed by atoms with E-state index in [1.807, 2.05) is 0 Å². The van der Waals surface area contributed by atoms with Gasteiger partial charge in [0.15, 0.2) is 11.3 Å². The van der Waals surface area contributed by atoms with Crippen LogP contribution < -0.4 is 10.6 Å². The molecule has 8 heteroatoms. The minimum absolute atomic E-state index is 0.145. The van der Waals surface area contributed by atoms with Gasteiger partial charge in [0.25, 0.3) is 5.91 Å². The monoisotopic (exact) mass is 397 g/mol. The summed E-state index contributed by atoms with van der Waals surface area (Å²) in [6.07, 6.45) is 1.41. The molecule has 3 rings (SSSR count). The molecule has 8 nitrogen and oxygen atoms in total. The van der Waals surface area contributed by atoms with Crippen molar-refractivity contribution < 1.29 is 23.6 Å². The number of ketones is 1. The van der Waals surface area contributed by atoms with Gasteiger partial charge in [0.1, 0.15) is 5.76 Å². The normalized spacial score (nSPS) is 19.2. The lowest BCUT2D eigenvalue weighted by Gasteiger charge is -2.19. The van der Waals surface area contributed by atoms with Crippen LogP contribution in [0.3, 0.4) is 0 Å². The van der Waals surface area contributed by atoms with E-state index in [4.69, 9.17) is 4.42 Å². The van der Waals surface area contributed by atoms with Gasteiger partial charge in [-0.3, -0.25) is 19.3 Å². The average Bonchev–Trinajstić information content (AvgIpc) is 3.26. The molecular weight excluding hydrogens is 374 g/mol. The van der Waals surface area contributed by atoms with Crippen molar-refractivity contribution in [2.75, 3.05) is 11.9 Å². The van der Waals surface area contributed by atoms with E-state index >= 15 is 0 Å². The third-order valence-corrected chi connectivity index (χ3v) is 4.74. The van der Waals surface area contributed by atoms with Crippen molar-refractivity contribution in [3.8, 4) is 0 Å². The third kappa shape index (κ3) is 3.91. The fraction of sp³-hybridized carbons (Fsp3) is 0.333. The molecule has 1 atom stereocenters. The van der Waals surface area contributed by atoms with Gasteiger partial charge in [0.05, 0.1) is 12.8 Å². The molecule has 4 amide bonds. The summed E-state index contributed by atoms with van der Waals surface area (Å²) in [6, 6.07) is 8.86. The summed E-state index contributed by atoms with van der Waals surface area (Å²) < 4.78 is 5.26. The second kappa shape index (κ2) is 7.20. The predicted molar refractivity (Wildman–Crippen MR) is 105 cm³/mol. The molecule has 29 heavy (non-hydrogen) atoms. The molecule has 1 aromatic carbocycles. The van der Waals surface area contributed by atoms with Crippen molar-refractivity contribution in [1.82, 2.24) is 10.2 Å². The number of anilines is 1. The molecule has 152 valence electrons. The molecule has 0 radical (unpaired) electrons. The molecular formula is C21H23N3O5. The molecule has 0 spiro atoms. The van der Waals surface area contributed by atoms with Gasteiger partial charge in [0, 0.05) is 16.7 Å². The minimum atomic E-state index is -1.35. The van der Waals surface area contributed by atoms with Crippen LogP contribution in [0.5, 0.6) is 0 Å². The van der Waals surface area contributed by atoms with Gasteiger partial charge < -0.3 is 15.1 Å². The van der Waals surface area contributed by atoms with Crippen LogP contribution in [0.2, 0.25) is 0 Å². The highest BCUT2D eigenvalue weighted by Gasteiger charge is 2.51. The Hall–Kier alpha value is -3.42. The number of amides is 4. The van der Waals surface area contributed by atoms with E-state index in [2.05, 4.69) is 10.6 Å². The van der Waals surface area contributed by atoms with Gasteiger partial charge in [0.2, 0.25) is 5.91 Å². The molecule has 0 aliphatic carbocycles. The Labute approximate surface area is 168 Å². The molecule has 2 N–H and O–H groups in total. The first-order valence-corrected chi connectivity index (χ1v) is 9.15. The van der Waals surface area contributed by atoms with E-state index in [1.165, 1.54) is 13.2 Å². The highest BCUT2D eigenvalue weighted by atomic mass is 16.3. The number of carbonyl (C=O) groups is 4. The first kappa shape index (κ1) is 20.3. The number of rotatable bonds is 5. The Kier molecular flexibility index (Phi) is 5.04. The van der Waals surface area contributed by atoms with Gasteiger partial charge in [-0.25, -0.2) is 4.79 Å². The number of nitrogens with one attached hydrogen (secondary N) is 2. The minimum Gasteiger partial charge on any atom is -0.466 e. The van der Waals surface area contributed by atoms with Crippen LogP contribution in [0.4, 0.5) is 10.5 Å². The number of Topliss-reactive ketones (excluding diaryl/α,β-unsaturated/α-hetero) is 1. The van der Waals surface area contributed by atoms with Crippen molar-refractivity contribution >= 4 is 29.3 Å². The Morgan fingerprint density at radius 2 is 1.79 bits per heavy atom. The zero-order valence-corrected chi connectivity index (χ0v) is 16.7. The summed E-state index contributed by atoms with van der Waals surface area (Å²) in [5.74, 6) is -0.802. The summed E-state index contributed by atoms with van der Waals surface area (Å²) in [5.41, 5.74) is -1.01. The van der Waals surface area contributed by atoms with Gasteiger partial charge >= 0.3 is 6.03 Å². The maximum atomic E-state index is 12.8. The molecule has 0 bridgehead atoms. The molecule has 2 heterocycles. The smallest absolute Gasteiger partial charge is 0.325 e. The van der Waals surface area contributed by atoms with Crippen molar-refractivity contribution in [2.24, 2.45) is 5.41 Å². The van der Waals surface area contributed by atoms with E-state index in [0.29, 0.717) is 17.0 Å². The first-order valence-electron chi connectivity index (χ1n) is 9.15. The van der Waals surface area contributed by atoms with Gasteiger partial charge in [-0.15, -0.1) is 0 Å². The Morgan fingerprint density at radius 1 is 1.14 bits per heavy atom. The topological polar surface area (TPSA) is 109 Å². The SMILES string of the molecule is CC(C)(C)C(=O)Nc1ccc(C(=O)CN2C(=O)N[C@@](C)(c3ccco3)C2=O)cc1. The fourth-order valence-corrected chi connectivity index (χ4v) is 2.86. The molecule has 1 aliphatic heterocycles. The van der Waals surface area contributed by atoms with E-state index < -0.39 is 35.2 Å². The van der Waals surface area contributed by atoms with Gasteiger partial charge in [-0.2, -0.15) is 0 Å². The number of nitrogens with zero attached hydrogens (tertiary/aromatic N) is 1. The second-order valence-electron chi connectivity index (χ2n) is 8.13. The largest absolute Gasteiger partial charge is 0.466 e. The summed E-state index contributed by atoms with van der Waals surface area (Å²) in [4.78, 5) is 50.6. The second-order valence-corrected chi connectivity index (χ2v) is 8.13. The third-order valence-electron chi connectivity index (χ3n) is 4.74. The quantitative estimate of drug-likeness (QED) is 0.596. The number of benzene rings is 1. The maximum Gasteiger partial charge on any atom is 0.325 e. The fourth-order valence-electron chi connectivity index (χ4n) is 2.86. The van der Waals surface area contributed by atoms with E-state index in [-0.39, 0.29) is 5.91 Å². The van der Waals surface area contributed by atoms with Crippen LogP contribution >= 0.6 is 0 Å². The van der Waals surface area contributed by atoms with E-state index in [9.17, 15) is 19.2 Å². The van der Waals surface area contributed by atoms with Crippen LogP contribution in [0, 0.1) is 5.41 Å². The molecule has 2 aromatic rings. The summed E-state index contributed by atoms with van der Waals surface area (Å²) in [6.45, 7) is 6.54. The maximum absolute atomic E-state index is 12.8. The van der Waals surface area contributed by atoms with Crippen molar-refractivity contribution in [1.29, 1.82) is 0 Å². The van der Waals surface area contributed by atoms with Crippen LogP contribution in [0.15, 0.2) is 47.1 Å². The van der Waals surface area contributed by atoms with Gasteiger partial charge in [-0.05, 0) is 43.3 Å². The van der Waals surface area contributed by atoms with Crippen molar-refractivity contribution in [3.63, 3.8) is 0 Å². The number of hydrogen-bond donors (Lipinski definition) is 2. The highest BCUT2D eigenvalue weighted by Crippen LogP contribution is 2.29. The molecule has 0 unspecified atom stereocenters. The van der Waals surface area contributed by atoms with Crippen LogP contribution in [-0.4, -0.2) is 35.1 Å². The number of carbonyl (C=O) groups excluding carboxylic acids is 4. The Balaban J connectivity index is 1.70. The predicted octanol–water partition coefficient (Wildman–Crippen LogP) is 2.91. The zero-order valence-electron chi connectivity index (χ0n) is 16.7. The number of imide groups is 1. The lowest BCUT2D eigenvalue weighted by atomic mass is 9.95. The van der Waals surface area contributed by atoms with E-state index in [0.717, 1.165) is 4.90 Å². The molecule has 1 aliphatic rings. The van der Waals surface area contributed by atoms with Gasteiger partial charge in [-0.1, -0.05) is 20.8 Å². The zero-order chi connectivity index (χ0) is 21.4. The summed E-state index contributed by atoms with van der Waals surface area (Å²) >= 11 is 0. The molecule has 0 saturated carbocycles. The van der Waals surface area contributed by atoms with Crippen LogP contribution in [0.1, 0.15) is 43.8 Å². The highest BCUT2D eigenvalue weighted by molar-refractivity contribution is 6.11. The standard InChI is InChI=1S/C21H23N3O5/c1-20(2,3)17(26)22-14-9-7-13(8-10-14)15(25)12-24-18(27)21(4,23-19(24)28)16-6-5-11-29-16/h5-11H,12H2,1-4H3,(H,22,26)(H,23,28)/t21-/m0/s1. The molecule has 1 fully saturated rings. The lowest BCUT2D eigenvalue weighted by Crippen LogP contribution is -2.41. The Morgan fingerprint density at radius 3 is 2.34 bits per heavy atom. The summed E-state index contributed by atoms with van der Waals surface area (Å²) in [7, 11) is 0. The average molecular weight is 397 g/mol.